The molecular weight excluding hydrogens is 234 g/mol. The van der Waals surface area contributed by atoms with E-state index in [1.54, 1.807) is 11.3 Å². The molecule has 1 saturated heterocycles. The van der Waals surface area contributed by atoms with Gasteiger partial charge in [0.15, 0.2) is 5.82 Å². The number of piperidine rings is 1. The minimum absolute atomic E-state index is 0.572. The average molecular weight is 249 g/mol. The number of hydrogen-bond acceptors (Lipinski definition) is 5. The van der Waals surface area contributed by atoms with Crippen LogP contribution in [0.5, 0.6) is 0 Å². The molecule has 1 aliphatic heterocycles. The second-order valence-corrected chi connectivity index (χ2v) is 6.00. The van der Waals surface area contributed by atoms with Gasteiger partial charge in [0.25, 0.3) is 0 Å². The molecule has 0 aromatic carbocycles. The minimum Gasteiger partial charge on any atom is -0.316 e. The van der Waals surface area contributed by atoms with Crippen molar-refractivity contribution in [3.05, 3.63) is 10.8 Å². The normalized spacial score (nSPS) is 25.5. The van der Waals surface area contributed by atoms with Crippen molar-refractivity contribution in [1.82, 2.24) is 25.1 Å². The zero-order valence-corrected chi connectivity index (χ0v) is 10.4. The first kappa shape index (κ1) is 9.96. The zero-order valence-electron chi connectivity index (χ0n) is 9.59. The fourth-order valence-electron chi connectivity index (χ4n) is 2.47. The molecule has 2 aromatic heterocycles. The first-order valence-corrected chi connectivity index (χ1v) is 7.16. The van der Waals surface area contributed by atoms with Crippen molar-refractivity contribution < 1.29 is 0 Å². The maximum atomic E-state index is 4.73. The van der Waals surface area contributed by atoms with Crippen LogP contribution in [0.3, 0.4) is 0 Å². The van der Waals surface area contributed by atoms with E-state index in [1.807, 2.05) is 4.52 Å². The van der Waals surface area contributed by atoms with E-state index in [0.29, 0.717) is 11.8 Å². The van der Waals surface area contributed by atoms with E-state index in [0.717, 1.165) is 23.9 Å². The Kier molecular flexibility index (Phi) is 2.19. The van der Waals surface area contributed by atoms with Crippen LogP contribution in [0.2, 0.25) is 0 Å². The molecule has 1 N–H and O–H groups in total. The molecule has 2 aliphatic rings. The van der Waals surface area contributed by atoms with Crippen LogP contribution in [-0.2, 0) is 0 Å². The van der Waals surface area contributed by atoms with Crippen molar-refractivity contribution in [2.24, 2.45) is 0 Å². The van der Waals surface area contributed by atoms with Gasteiger partial charge in [-0.15, -0.1) is 10.2 Å². The molecule has 5 nitrogen and oxygen atoms in total. The number of hydrogen-bond donors (Lipinski definition) is 1. The molecule has 0 spiro atoms. The van der Waals surface area contributed by atoms with Gasteiger partial charge in [0.05, 0.1) is 0 Å². The lowest BCUT2D eigenvalue weighted by atomic mass is 10.0. The van der Waals surface area contributed by atoms with Gasteiger partial charge in [0.1, 0.15) is 5.01 Å². The molecule has 1 atom stereocenters. The van der Waals surface area contributed by atoms with Gasteiger partial charge in [-0.05, 0) is 32.2 Å². The lowest BCUT2D eigenvalue weighted by molar-refractivity contribution is 0.457. The molecule has 0 bridgehead atoms. The van der Waals surface area contributed by atoms with Gasteiger partial charge in [-0.2, -0.15) is 9.61 Å². The van der Waals surface area contributed by atoms with Crippen molar-refractivity contribution in [3.8, 4) is 0 Å². The molecule has 4 rings (SSSR count). The lowest BCUT2D eigenvalue weighted by Gasteiger charge is -2.19. The van der Waals surface area contributed by atoms with Crippen LogP contribution in [0.1, 0.15) is 48.4 Å². The van der Waals surface area contributed by atoms with Crippen molar-refractivity contribution in [2.45, 2.75) is 37.5 Å². The van der Waals surface area contributed by atoms with Gasteiger partial charge >= 0.3 is 0 Å². The third kappa shape index (κ3) is 1.66. The van der Waals surface area contributed by atoms with Crippen LogP contribution < -0.4 is 5.32 Å². The first-order valence-electron chi connectivity index (χ1n) is 6.34. The Hall–Kier alpha value is -1.01. The number of rotatable bonds is 2. The summed E-state index contributed by atoms with van der Waals surface area (Å²) in [5.41, 5.74) is 0. The first-order chi connectivity index (χ1) is 8.42. The Labute approximate surface area is 103 Å². The molecule has 17 heavy (non-hydrogen) atoms. The van der Waals surface area contributed by atoms with Gasteiger partial charge < -0.3 is 5.32 Å². The van der Waals surface area contributed by atoms with Crippen LogP contribution in [0.15, 0.2) is 0 Å². The van der Waals surface area contributed by atoms with E-state index in [1.165, 1.54) is 30.7 Å². The van der Waals surface area contributed by atoms with Gasteiger partial charge in [0.2, 0.25) is 4.96 Å². The third-order valence-corrected chi connectivity index (χ3v) is 4.68. The second-order valence-electron chi connectivity index (χ2n) is 5.01. The van der Waals surface area contributed by atoms with Gasteiger partial charge in [0, 0.05) is 18.4 Å². The Bertz CT molecular complexity index is 535. The lowest BCUT2D eigenvalue weighted by Crippen LogP contribution is -2.28. The average Bonchev–Trinajstić information content (AvgIpc) is 3.00. The second kappa shape index (κ2) is 3.74. The van der Waals surface area contributed by atoms with Crippen molar-refractivity contribution in [2.75, 3.05) is 13.1 Å². The molecule has 1 saturated carbocycles. The molecule has 90 valence electrons. The number of nitrogens with zero attached hydrogens (tertiary/aromatic N) is 4. The fourth-order valence-corrected chi connectivity index (χ4v) is 3.45. The summed E-state index contributed by atoms with van der Waals surface area (Å²) in [6, 6.07) is 0. The zero-order chi connectivity index (χ0) is 11.2. The van der Waals surface area contributed by atoms with Crippen molar-refractivity contribution in [1.29, 1.82) is 0 Å². The van der Waals surface area contributed by atoms with Gasteiger partial charge in [-0.3, -0.25) is 0 Å². The highest BCUT2D eigenvalue weighted by Crippen LogP contribution is 2.39. The summed E-state index contributed by atoms with van der Waals surface area (Å²) in [5.74, 6) is 2.26. The Morgan fingerprint density at radius 1 is 1.18 bits per heavy atom. The summed E-state index contributed by atoms with van der Waals surface area (Å²) in [7, 11) is 0. The van der Waals surface area contributed by atoms with Crippen LogP contribution in [0.4, 0.5) is 0 Å². The van der Waals surface area contributed by atoms with E-state index in [-0.39, 0.29) is 0 Å². The van der Waals surface area contributed by atoms with E-state index in [9.17, 15) is 0 Å². The van der Waals surface area contributed by atoms with Crippen LogP contribution in [-0.4, -0.2) is 32.9 Å². The predicted molar refractivity (Wildman–Crippen MR) is 65.5 cm³/mol. The quantitative estimate of drug-likeness (QED) is 0.877. The molecular formula is C11H15N5S. The molecule has 2 aromatic rings. The molecule has 6 heteroatoms. The van der Waals surface area contributed by atoms with Crippen molar-refractivity contribution >= 4 is 16.3 Å². The molecule has 0 amide bonds. The summed E-state index contributed by atoms with van der Waals surface area (Å²) in [6.07, 6.45) is 4.99. The van der Waals surface area contributed by atoms with E-state index in [2.05, 4.69) is 15.5 Å². The summed E-state index contributed by atoms with van der Waals surface area (Å²) < 4.78 is 1.98. The highest BCUT2D eigenvalue weighted by Gasteiger charge is 2.30. The fraction of sp³-hybridized carbons (Fsp3) is 0.727. The third-order valence-electron chi connectivity index (χ3n) is 3.62. The SMILES string of the molecule is C1CNCC(c2nn3c(C4CC4)nnc3s2)C1. The van der Waals surface area contributed by atoms with Crippen LogP contribution in [0, 0.1) is 0 Å². The summed E-state index contributed by atoms with van der Waals surface area (Å²) >= 11 is 1.71. The highest BCUT2D eigenvalue weighted by atomic mass is 32.1. The van der Waals surface area contributed by atoms with E-state index < -0.39 is 0 Å². The van der Waals surface area contributed by atoms with Gasteiger partial charge in [-0.25, -0.2) is 0 Å². The standard InChI is InChI=1S/C11H15N5S/c1-2-8(6-12-5-1)10-15-16-9(7-3-4-7)13-14-11(16)17-10/h7-8,12H,1-6H2. The van der Waals surface area contributed by atoms with Gasteiger partial charge in [-0.1, -0.05) is 11.3 Å². The molecule has 3 heterocycles. The summed E-state index contributed by atoms with van der Waals surface area (Å²) in [5, 5.41) is 17.9. The number of fused-ring (bicyclic) bond motifs is 1. The predicted octanol–water partition coefficient (Wildman–Crippen LogP) is 1.53. The maximum absolute atomic E-state index is 4.73. The monoisotopic (exact) mass is 249 g/mol. The molecule has 1 unspecified atom stereocenters. The largest absolute Gasteiger partial charge is 0.316 e. The molecule has 1 aliphatic carbocycles. The number of nitrogens with one attached hydrogen (secondary N) is 1. The smallest absolute Gasteiger partial charge is 0.234 e. The topological polar surface area (TPSA) is 55.1 Å². The highest BCUT2D eigenvalue weighted by molar-refractivity contribution is 7.16. The van der Waals surface area contributed by atoms with Crippen LogP contribution in [0.25, 0.3) is 4.96 Å². The minimum atomic E-state index is 0.572. The Morgan fingerprint density at radius 3 is 2.88 bits per heavy atom. The van der Waals surface area contributed by atoms with E-state index >= 15 is 0 Å². The summed E-state index contributed by atoms with van der Waals surface area (Å²) in [4.78, 5) is 0.965. The maximum Gasteiger partial charge on any atom is 0.234 e. The molecule has 2 fully saturated rings. The Balaban J connectivity index is 1.71. The van der Waals surface area contributed by atoms with Crippen molar-refractivity contribution in [3.63, 3.8) is 0 Å². The van der Waals surface area contributed by atoms with E-state index in [4.69, 9.17) is 5.10 Å². The van der Waals surface area contributed by atoms with Crippen LogP contribution >= 0.6 is 11.3 Å². The Morgan fingerprint density at radius 2 is 2.12 bits per heavy atom. The molecule has 0 radical (unpaired) electrons. The summed E-state index contributed by atoms with van der Waals surface area (Å²) in [6.45, 7) is 2.21. The number of aromatic nitrogens is 4.